The molecule has 2 heteroatoms. The van der Waals surface area contributed by atoms with Crippen LogP contribution in [0.15, 0.2) is 66.3 Å². The lowest BCUT2D eigenvalue weighted by atomic mass is 9.99. The molecule has 0 bridgehead atoms. The maximum Gasteiger partial charge on any atom is 0.123 e. The zero-order valence-electron chi connectivity index (χ0n) is 16.0. The molecule has 0 aliphatic carbocycles. The Labute approximate surface area is 157 Å². The van der Waals surface area contributed by atoms with Gasteiger partial charge in [-0.2, -0.15) is 0 Å². The molecule has 2 aromatic carbocycles. The van der Waals surface area contributed by atoms with E-state index in [0.717, 1.165) is 37.7 Å². The van der Waals surface area contributed by atoms with Crippen molar-refractivity contribution in [3.8, 4) is 11.5 Å². The number of aryl methyl sites for hydroxylation is 2. The number of phenolic OH excluding ortho intramolecular Hbond substituents is 2. The maximum atomic E-state index is 10.3. The maximum absolute atomic E-state index is 10.3. The van der Waals surface area contributed by atoms with E-state index >= 15 is 0 Å². The molecule has 0 aliphatic rings. The van der Waals surface area contributed by atoms with Crippen molar-refractivity contribution in [3.05, 3.63) is 83.0 Å². The third-order valence-electron chi connectivity index (χ3n) is 4.64. The van der Waals surface area contributed by atoms with Crippen LogP contribution >= 0.6 is 0 Å². The Bertz CT molecular complexity index is 734. The highest BCUT2D eigenvalue weighted by atomic mass is 16.3. The Kier molecular flexibility index (Phi) is 7.53. The van der Waals surface area contributed by atoms with Gasteiger partial charge in [-0.1, -0.05) is 47.6 Å². The summed E-state index contributed by atoms with van der Waals surface area (Å²) in [6, 6.07) is 13.8. The molecule has 0 amide bonds. The van der Waals surface area contributed by atoms with E-state index in [9.17, 15) is 10.2 Å². The number of phenols is 2. The van der Waals surface area contributed by atoms with Gasteiger partial charge in [0.1, 0.15) is 11.5 Å². The van der Waals surface area contributed by atoms with Crippen molar-refractivity contribution in [2.75, 3.05) is 0 Å². The normalized spacial score (nSPS) is 11.5. The van der Waals surface area contributed by atoms with E-state index in [2.05, 4.69) is 38.6 Å². The van der Waals surface area contributed by atoms with Crippen LogP contribution in [0.2, 0.25) is 0 Å². The first-order valence-electron chi connectivity index (χ1n) is 9.33. The predicted molar refractivity (Wildman–Crippen MR) is 110 cm³/mol. The average molecular weight is 351 g/mol. The van der Waals surface area contributed by atoms with Crippen molar-refractivity contribution in [2.45, 2.75) is 52.4 Å². The molecule has 0 fully saturated rings. The fourth-order valence-electron chi connectivity index (χ4n) is 3.03. The first kappa shape index (κ1) is 19.8. The zero-order valence-corrected chi connectivity index (χ0v) is 16.0. The smallest absolute Gasteiger partial charge is 0.123 e. The summed E-state index contributed by atoms with van der Waals surface area (Å²) in [6.45, 7) is 8.07. The van der Waals surface area contributed by atoms with Crippen LogP contribution in [0.5, 0.6) is 11.5 Å². The van der Waals surface area contributed by atoms with E-state index in [-0.39, 0.29) is 11.5 Å². The highest BCUT2D eigenvalue weighted by Gasteiger charge is 2.09. The van der Waals surface area contributed by atoms with Gasteiger partial charge in [0.05, 0.1) is 0 Å². The lowest BCUT2D eigenvalue weighted by Gasteiger charge is -2.10. The van der Waals surface area contributed by atoms with Gasteiger partial charge in [0.25, 0.3) is 0 Å². The van der Waals surface area contributed by atoms with Crippen molar-refractivity contribution in [1.82, 2.24) is 0 Å². The van der Waals surface area contributed by atoms with Crippen molar-refractivity contribution in [3.63, 3.8) is 0 Å². The number of hydrogen-bond donors (Lipinski definition) is 2. The molecule has 0 radical (unpaired) electrons. The third kappa shape index (κ3) is 6.44. The van der Waals surface area contributed by atoms with Crippen LogP contribution in [0.25, 0.3) is 0 Å². The van der Waals surface area contributed by atoms with Gasteiger partial charge in [-0.15, -0.1) is 6.58 Å². The van der Waals surface area contributed by atoms with E-state index < -0.39 is 0 Å². The molecule has 0 heterocycles. The van der Waals surface area contributed by atoms with E-state index in [1.54, 1.807) is 12.1 Å². The van der Waals surface area contributed by atoms with Crippen molar-refractivity contribution >= 4 is 0 Å². The number of aromatic hydroxyl groups is 2. The molecule has 0 aliphatic heterocycles. The number of allylic oxidation sites excluding steroid dienone is 3. The minimum atomic E-state index is 0.180. The van der Waals surface area contributed by atoms with Gasteiger partial charge in [0, 0.05) is 5.56 Å². The van der Waals surface area contributed by atoms with Gasteiger partial charge in [0.2, 0.25) is 0 Å². The van der Waals surface area contributed by atoms with E-state index in [4.69, 9.17) is 0 Å². The summed E-state index contributed by atoms with van der Waals surface area (Å²) in [5.41, 5.74) is 5.30. The topological polar surface area (TPSA) is 40.5 Å². The number of rotatable bonds is 9. The van der Waals surface area contributed by atoms with Crippen LogP contribution in [0.3, 0.4) is 0 Å². The number of hydrogen-bond acceptors (Lipinski definition) is 2. The minimum Gasteiger partial charge on any atom is -0.508 e. The largest absolute Gasteiger partial charge is 0.508 e. The summed E-state index contributed by atoms with van der Waals surface area (Å²) in [5, 5.41) is 20.7. The van der Waals surface area contributed by atoms with Crippen molar-refractivity contribution in [2.24, 2.45) is 0 Å². The highest BCUT2D eigenvalue weighted by Crippen LogP contribution is 2.30. The van der Waals surface area contributed by atoms with Crippen LogP contribution in [0, 0.1) is 0 Å². The van der Waals surface area contributed by atoms with Gasteiger partial charge in [-0.25, -0.2) is 0 Å². The molecule has 0 spiro atoms. The Morgan fingerprint density at radius 3 is 2.15 bits per heavy atom. The molecule has 0 aromatic heterocycles. The first-order valence-corrected chi connectivity index (χ1v) is 9.33. The molecule has 2 rings (SSSR count). The lowest BCUT2D eigenvalue weighted by Crippen LogP contribution is -1.94. The standard InChI is InChI=1S/C24H30O2/c1-18(2)8-7-9-19(3)12-15-22-23(25)16-21(17-24(22)26)14-13-20-10-5-4-6-11-20/h4-6,10-12,16-17,25-26H,1,7-9,13-15H2,2-3H3/b19-12+. The molecule has 2 aromatic rings. The molecule has 0 unspecified atom stereocenters. The second-order valence-corrected chi connectivity index (χ2v) is 7.16. The summed E-state index contributed by atoms with van der Waals surface area (Å²) in [6.07, 6.45) is 7.48. The second-order valence-electron chi connectivity index (χ2n) is 7.16. The SMILES string of the molecule is C=C(C)CCC/C(C)=C/Cc1c(O)cc(CCc2ccccc2)cc1O. The summed E-state index contributed by atoms with van der Waals surface area (Å²) in [5.74, 6) is 0.359. The molecule has 2 N–H and O–H groups in total. The summed E-state index contributed by atoms with van der Waals surface area (Å²) in [4.78, 5) is 0. The van der Waals surface area contributed by atoms with Crippen molar-refractivity contribution in [1.29, 1.82) is 0 Å². The molecule has 2 nitrogen and oxygen atoms in total. The molecule has 138 valence electrons. The predicted octanol–water partition coefficient (Wildman–Crippen LogP) is 6.12. The monoisotopic (exact) mass is 350 g/mol. The Morgan fingerprint density at radius 1 is 0.923 bits per heavy atom. The second kappa shape index (κ2) is 9.86. The van der Waals surface area contributed by atoms with Gasteiger partial charge >= 0.3 is 0 Å². The summed E-state index contributed by atoms with van der Waals surface area (Å²) in [7, 11) is 0. The fourth-order valence-corrected chi connectivity index (χ4v) is 3.03. The van der Waals surface area contributed by atoms with Gasteiger partial charge in [0.15, 0.2) is 0 Å². The highest BCUT2D eigenvalue weighted by molar-refractivity contribution is 5.48. The molecule has 0 saturated carbocycles. The minimum absolute atomic E-state index is 0.180. The molecular weight excluding hydrogens is 320 g/mol. The average Bonchev–Trinajstić information content (AvgIpc) is 2.60. The Hall–Kier alpha value is -2.48. The van der Waals surface area contributed by atoms with Crippen molar-refractivity contribution < 1.29 is 10.2 Å². The van der Waals surface area contributed by atoms with Crippen LogP contribution in [0.1, 0.15) is 49.8 Å². The third-order valence-corrected chi connectivity index (χ3v) is 4.64. The molecule has 0 saturated heterocycles. The lowest BCUT2D eigenvalue weighted by molar-refractivity contribution is 0.439. The van der Waals surface area contributed by atoms with Gasteiger partial charge < -0.3 is 10.2 Å². The molecule has 26 heavy (non-hydrogen) atoms. The van der Waals surface area contributed by atoms with Gasteiger partial charge in [-0.05, 0) is 75.6 Å². The Balaban J connectivity index is 1.96. The fraction of sp³-hybridized carbons (Fsp3) is 0.333. The molecular formula is C24H30O2. The van der Waals surface area contributed by atoms with Crippen LogP contribution < -0.4 is 0 Å². The van der Waals surface area contributed by atoms with E-state index in [0.29, 0.717) is 12.0 Å². The van der Waals surface area contributed by atoms with Crippen LogP contribution in [-0.4, -0.2) is 10.2 Å². The summed E-state index contributed by atoms with van der Waals surface area (Å²) < 4.78 is 0. The van der Waals surface area contributed by atoms with E-state index in [1.807, 2.05) is 18.2 Å². The summed E-state index contributed by atoms with van der Waals surface area (Å²) >= 11 is 0. The molecule has 0 atom stereocenters. The first-order chi connectivity index (χ1) is 12.5. The zero-order chi connectivity index (χ0) is 18.9. The number of benzene rings is 2. The van der Waals surface area contributed by atoms with E-state index in [1.165, 1.54) is 16.7 Å². The Morgan fingerprint density at radius 2 is 1.54 bits per heavy atom. The van der Waals surface area contributed by atoms with Crippen LogP contribution in [-0.2, 0) is 19.3 Å². The van der Waals surface area contributed by atoms with Crippen LogP contribution in [0.4, 0.5) is 0 Å². The van der Waals surface area contributed by atoms with Gasteiger partial charge in [-0.3, -0.25) is 0 Å². The quantitative estimate of drug-likeness (QED) is 0.535.